The number of carbonyl (C=O) groups is 2. The number of nitro benzene ring substituents is 1. The van der Waals surface area contributed by atoms with Crippen molar-refractivity contribution in [2.75, 3.05) is 6.61 Å². The van der Waals surface area contributed by atoms with Gasteiger partial charge in [0.1, 0.15) is 5.75 Å². The summed E-state index contributed by atoms with van der Waals surface area (Å²) in [4.78, 5) is 33.2. The Kier molecular flexibility index (Phi) is 6.21. The number of hydrogen-bond acceptors (Lipinski definition) is 5. The fourth-order valence-electron chi connectivity index (χ4n) is 2.19. The summed E-state index contributed by atoms with van der Waals surface area (Å²) in [5.41, 5.74) is 1.31. The molecule has 7 nitrogen and oxygen atoms in total. The number of ketones is 1. The standard InChI is InChI=1S/C19H17NO6/c1-13-5-7-15(12-17(13)20(24)25)18(21)8-6-14-3-2-4-16(11-14)26-10-9-19(22)23/h2-8,11-12H,9-10H2,1H3,(H,22,23)/b8-6+. The van der Waals surface area contributed by atoms with Gasteiger partial charge in [-0.1, -0.05) is 30.3 Å². The summed E-state index contributed by atoms with van der Waals surface area (Å²) in [5.74, 6) is -0.809. The summed E-state index contributed by atoms with van der Waals surface area (Å²) in [5, 5.41) is 19.6. The van der Waals surface area contributed by atoms with Crippen molar-refractivity contribution in [2.24, 2.45) is 0 Å². The van der Waals surface area contributed by atoms with Gasteiger partial charge in [0, 0.05) is 17.2 Å². The van der Waals surface area contributed by atoms with Crippen LogP contribution in [0.5, 0.6) is 5.75 Å². The molecule has 0 saturated carbocycles. The van der Waals surface area contributed by atoms with E-state index in [1.54, 1.807) is 43.3 Å². The lowest BCUT2D eigenvalue weighted by atomic mass is 10.1. The monoisotopic (exact) mass is 355 g/mol. The number of ether oxygens (including phenoxy) is 1. The number of aliphatic carboxylic acids is 1. The third-order valence-corrected chi connectivity index (χ3v) is 3.56. The lowest BCUT2D eigenvalue weighted by Gasteiger charge is -2.05. The van der Waals surface area contributed by atoms with Crippen LogP contribution in [-0.4, -0.2) is 28.4 Å². The molecule has 0 aromatic heterocycles. The minimum absolute atomic E-state index is 0.0501. The van der Waals surface area contributed by atoms with Crippen LogP contribution >= 0.6 is 0 Å². The van der Waals surface area contributed by atoms with E-state index < -0.39 is 10.9 Å². The van der Waals surface area contributed by atoms with Crippen LogP contribution in [0, 0.1) is 17.0 Å². The Morgan fingerprint density at radius 1 is 1.23 bits per heavy atom. The van der Waals surface area contributed by atoms with Crippen LogP contribution < -0.4 is 4.74 Å². The number of nitrogens with zero attached hydrogens (tertiary/aromatic N) is 1. The minimum atomic E-state index is -0.946. The number of aryl methyl sites for hydroxylation is 1. The average Bonchev–Trinajstić information content (AvgIpc) is 2.60. The van der Waals surface area contributed by atoms with Crippen molar-refractivity contribution in [3.63, 3.8) is 0 Å². The smallest absolute Gasteiger partial charge is 0.306 e. The van der Waals surface area contributed by atoms with Gasteiger partial charge in [-0.2, -0.15) is 0 Å². The molecule has 0 radical (unpaired) electrons. The van der Waals surface area contributed by atoms with E-state index in [0.29, 0.717) is 16.9 Å². The first-order valence-electron chi connectivity index (χ1n) is 7.79. The molecule has 0 saturated heterocycles. The van der Waals surface area contributed by atoms with Gasteiger partial charge < -0.3 is 9.84 Å². The highest BCUT2D eigenvalue weighted by atomic mass is 16.6. The van der Waals surface area contributed by atoms with E-state index in [4.69, 9.17) is 9.84 Å². The molecule has 0 aliphatic heterocycles. The second kappa shape index (κ2) is 8.57. The van der Waals surface area contributed by atoms with Crippen molar-refractivity contribution in [1.82, 2.24) is 0 Å². The quantitative estimate of drug-likeness (QED) is 0.335. The fourth-order valence-corrected chi connectivity index (χ4v) is 2.19. The lowest BCUT2D eigenvalue weighted by molar-refractivity contribution is -0.385. The molecule has 1 N–H and O–H groups in total. The molecule has 0 aliphatic rings. The molecule has 7 heteroatoms. The Hall–Kier alpha value is -3.48. The molecule has 0 aliphatic carbocycles. The maximum atomic E-state index is 12.2. The average molecular weight is 355 g/mol. The van der Waals surface area contributed by atoms with Crippen molar-refractivity contribution in [3.8, 4) is 5.75 Å². The highest BCUT2D eigenvalue weighted by Gasteiger charge is 2.13. The Labute approximate surface area is 149 Å². The predicted molar refractivity (Wildman–Crippen MR) is 95.4 cm³/mol. The van der Waals surface area contributed by atoms with Gasteiger partial charge >= 0.3 is 5.97 Å². The summed E-state index contributed by atoms with van der Waals surface area (Å²) in [6.45, 7) is 1.66. The van der Waals surface area contributed by atoms with Crippen LogP contribution in [0.3, 0.4) is 0 Å². The van der Waals surface area contributed by atoms with Gasteiger partial charge in [-0.15, -0.1) is 0 Å². The van der Waals surface area contributed by atoms with E-state index in [2.05, 4.69) is 0 Å². The van der Waals surface area contributed by atoms with E-state index in [9.17, 15) is 19.7 Å². The first-order chi connectivity index (χ1) is 12.4. The number of nitro groups is 1. The van der Waals surface area contributed by atoms with Crippen molar-refractivity contribution in [3.05, 3.63) is 75.3 Å². The predicted octanol–water partition coefficient (Wildman–Crippen LogP) is 3.65. The summed E-state index contributed by atoms with van der Waals surface area (Å²) in [6, 6.07) is 11.2. The normalized spacial score (nSPS) is 10.7. The summed E-state index contributed by atoms with van der Waals surface area (Å²) in [6.07, 6.45) is 2.79. The van der Waals surface area contributed by atoms with Crippen molar-refractivity contribution in [1.29, 1.82) is 0 Å². The van der Waals surface area contributed by atoms with Crippen LogP contribution in [-0.2, 0) is 4.79 Å². The molecule has 2 aromatic carbocycles. The zero-order valence-corrected chi connectivity index (χ0v) is 14.0. The second-order valence-corrected chi connectivity index (χ2v) is 5.52. The Balaban J connectivity index is 2.09. The largest absolute Gasteiger partial charge is 0.493 e. The third kappa shape index (κ3) is 5.27. The molecule has 2 rings (SSSR count). The van der Waals surface area contributed by atoms with Crippen LogP contribution in [0.25, 0.3) is 6.08 Å². The van der Waals surface area contributed by atoms with Crippen LogP contribution in [0.4, 0.5) is 5.69 Å². The summed E-state index contributed by atoms with van der Waals surface area (Å²) < 4.78 is 5.33. The molecule has 0 bridgehead atoms. The van der Waals surface area contributed by atoms with Gasteiger partial charge in [0.05, 0.1) is 18.0 Å². The minimum Gasteiger partial charge on any atom is -0.493 e. The van der Waals surface area contributed by atoms with Crippen LogP contribution in [0.1, 0.15) is 27.9 Å². The van der Waals surface area contributed by atoms with Crippen molar-refractivity contribution >= 4 is 23.5 Å². The molecule has 26 heavy (non-hydrogen) atoms. The SMILES string of the molecule is Cc1ccc(C(=O)/C=C/c2cccc(OCCC(=O)O)c2)cc1[N+](=O)[O-]. The van der Waals surface area contributed by atoms with Crippen LogP contribution in [0.2, 0.25) is 0 Å². The highest BCUT2D eigenvalue weighted by Crippen LogP contribution is 2.20. The highest BCUT2D eigenvalue weighted by molar-refractivity contribution is 6.07. The molecule has 0 atom stereocenters. The molecule has 0 heterocycles. The number of carboxylic acids is 1. The first-order valence-corrected chi connectivity index (χ1v) is 7.79. The van der Waals surface area contributed by atoms with Gasteiger partial charge in [0.2, 0.25) is 0 Å². The van der Waals surface area contributed by atoms with E-state index in [-0.39, 0.29) is 30.1 Å². The Bertz CT molecular complexity index is 872. The molecule has 0 amide bonds. The number of carbonyl (C=O) groups excluding carboxylic acids is 1. The first kappa shape index (κ1) is 18.9. The van der Waals surface area contributed by atoms with Gasteiger partial charge in [-0.05, 0) is 30.7 Å². The van der Waals surface area contributed by atoms with E-state index in [1.165, 1.54) is 18.2 Å². The zero-order valence-electron chi connectivity index (χ0n) is 14.0. The van der Waals surface area contributed by atoms with E-state index in [1.807, 2.05) is 0 Å². The zero-order chi connectivity index (χ0) is 19.1. The third-order valence-electron chi connectivity index (χ3n) is 3.56. The van der Waals surface area contributed by atoms with E-state index >= 15 is 0 Å². The van der Waals surface area contributed by atoms with Gasteiger partial charge in [-0.25, -0.2) is 0 Å². The number of allylic oxidation sites excluding steroid dienone is 1. The topological polar surface area (TPSA) is 107 Å². The maximum Gasteiger partial charge on any atom is 0.306 e. The molecular formula is C19H17NO6. The molecule has 0 spiro atoms. The van der Waals surface area contributed by atoms with Crippen molar-refractivity contribution < 1.29 is 24.4 Å². The van der Waals surface area contributed by atoms with Crippen LogP contribution in [0.15, 0.2) is 48.5 Å². The summed E-state index contributed by atoms with van der Waals surface area (Å²) in [7, 11) is 0. The molecular weight excluding hydrogens is 338 g/mol. The van der Waals surface area contributed by atoms with Crippen molar-refractivity contribution in [2.45, 2.75) is 13.3 Å². The fraction of sp³-hybridized carbons (Fsp3) is 0.158. The number of benzene rings is 2. The Morgan fingerprint density at radius 3 is 2.69 bits per heavy atom. The molecule has 134 valence electrons. The maximum absolute atomic E-state index is 12.2. The molecule has 0 fully saturated rings. The number of hydrogen-bond donors (Lipinski definition) is 1. The summed E-state index contributed by atoms with van der Waals surface area (Å²) >= 11 is 0. The Morgan fingerprint density at radius 2 is 2.00 bits per heavy atom. The second-order valence-electron chi connectivity index (χ2n) is 5.52. The number of carboxylic acid groups (broad SMARTS) is 1. The van der Waals surface area contributed by atoms with Gasteiger partial charge in [0.15, 0.2) is 5.78 Å². The lowest BCUT2D eigenvalue weighted by Crippen LogP contribution is -2.04. The number of rotatable bonds is 8. The van der Waals surface area contributed by atoms with Gasteiger partial charge in [0.25, 0.3) is 5.69 Å². The molecule has 2 aromatic rings. The van der Waals surface area contributed by atoms with E-state index in [0.717, 1.165) is 0 Å². The van der Waals surface area contributed by atoms with Gasteiger partial charge in [-0.3, -0.25) is 19.7 Å². The molecule has 0 unspecified atom stereocenters.